The zero-order chi connectivity index (χ0) is 35.5. The first-order valence-corrected chi connectivity index (χ1v) is 15.4. The molecule has 0 amide bonds. The van der Waals surface area contributed by atoms with E-state index in [1.54, 1.807) is 0 Å². The van der Waals surface area contributed by atoms with Gasteiger partial charge in [-0.2, -0.15) is 0 Å². The molecule has 0 unspecified atom stereocenters. The van der Waals surface area contributed by atoms with E-state index in [1.807, 2.05) is 60.7 Å². The molecule has 3 aliphatic rings. The van der Waals surface area contributed by atoms with Crippen LogP contribution in [0.1, 0.15) is 8.22 Å². The summed E-state index contributed by atoms with van der Waals surface area (Å²) in [7, 11) is 0. The van der Waals surface area contributed by atoms with Crippen molar-refractivity contribution in [2.45, 2.75) is 0 Å². The van der Waals surface area contributed by atoms with Gasteiger partial charge in [0.15, 0.2) is 0 Å². The highest BCUT2D eigenvalue weighted by atomic mass is 15.4. The van der Waals surface area contributed by atoms with Crippen LogP contribution in [0.15, 0.2) is 133 Å². The molecule has 4 heterocycles. The van der Waals surface area contributed by atoms with Crippen molar-refractivity contribution < 1.29 is 8.22 Å². The van der Waals surface area contributed by atoms with Crippen LogP contribution in [-0.4, -0.2) is 31.9 Å². The van der Waals surface area contributed by atoms with Crippen LogP contribution in [0.5, 0.6) is 0 Å². The minimum absolute atomic E-state index is 0.186. The Balaban J connectivity index is 1.17. The van der Waals surface area contributed by atoms with Crippen LogP contribution in [0.3, 0.4) is 0 Å². The van der Waals surface area contributed by atoms with Gasteiger partial charge in [-0.3, -0.25) is 0 Å². The summed E-state index contributed by atoms with van der Waals surface area (Å²) in [6, 6.07) is 44.7. The van der Waals surface area contributed by atoms with Gasteiger partial charge < -0.3 is 29.1 Å². The number of nitrogens with zero attached hydrogens (tertiary/aromatic N) is 6. The summed E-state index contributed by atoms with van der Waals surface area (Å²) in [5.74, 6) is 0. The lowest BCUT2D eigenvalue weighted by atomic mass is 10.1. The van der Waals surface area contributed by atoms with Crippen LogP contribution in [0.25, 0.3) is 27.5 Å². The molecule has 0 N–H and O–H groups in total. The number of hydrogen-bond acceptors (Lipinski definition) is 5. The molecule has 3 aliphatic heterocycles. The Hall–Kier alpha value is -5.88. The zero-order valence-electron chi connectivity index (χ0n) is 30.8. The van der Waals surface area contributed by atoms with Crippen molar-refractivity contribution in [1.82, 2.24) is 4.57 Å². The summed E-state index contributed by atoms with van der Waals surface area (Å²) in [5, 5.41) is 2.30. The van der Waals surface area contributed by atoms with Gasteiger partial charge in [0.05, 0.1) is 64.2 Å². The van der Waals surface area contributed by atoms with Crippen molar-refractivity contribution in [2.24, 2.45) is 0 Å². The highest BCUT2D eigenvalue weighted by Gasteiger charge is 2.32. The van der Waals surface area contributed by atoms with Crippen LogP contribution >= 0.6 is 0 Å². The molecule has 10 rings (SSSR count). The van der Waals surface area contributed by atoms with Crippen molar-refractivity contribution in [1.29, 1.82) is 0 Å². The van der Waals surface area contributed by atoms with Crippen LogP contribution in [0, 0.1) is 0 Å². The lowest BCUT2D eigenvalue weighted by Crippen LogP contribution is -2.25. The second-order valence-corrected chi connectivity index (χ2v) is 12.0. The van der Waals surface area contributed by atoms with E-state index in [1.165, 1.54) is 9.80 Å². The molecule has 6 heteroatoms. The van der Waals surface area contributed by atoms with Crippen LogP contribution in [0.4, 0.5) is 51.2 Å². The van der Waals surface area contributed by atoms with E-state index in [4.69, 9.17) is 8.22 Å². The molecular formula is C40H32N6. The first-order chi connectivity index (χ1) is 25.1. The van der Waals surface area contributed by atoms with Gasteiger partial charge in [0.2, 0.25) is 0 Å². The third-order valence-corrected chi connectivity index (χ3v) is 9.56. The van der Waals surface area contributed by atoms with Gasteiger partial charge in [-0.1, -0.05) is 60.7 Å². The summed E-state index contributed by atoms with van der Waals surface area (Å²) in [5.41, 5.74) is 10.8. The highest BCUT2D eigenvalue weighted by Crippen LogP contribution is 2.52. The molecule has 0 fully saturated rings. The molecule has 6 nitrogen and oxygen atoms in total. The van der Waals surface area contributed by atoms with Crippen molar-refractivity contribution in [3.63, 3.8) is 0 Å². The largest absolute Gasteiger partial charge is 0.355 e. The first-order valence-electron chi connectivity index (χ1n) is 18.4. The minimum Gasteiger partial charge on any atom is -0.355 e. The van der Waals surface area contributed by atoms with E-state index in [0.717, 1.165) is 67.3 Å². The normalized spacial score (nSPS) is 17.3. The van der Waals surface area contributed by atoms with E-state index in [0.29, 0.717) is 11.4 Å². The number of fused-ring (bicyclic) bond motifs is 7. The maximum Gasteiger partial charge on any atom is 0.0950 e. The number of hydrogen-bond donors (Lipinski definition) is 0. The van der Waals surface area contributed by atoms with E-state index < -0.39 is 14.0 Å². The lowest BCUT2D eigenvalue weighted by molar-refractivity contribution is 0.948. The fourth-order valence-electron chi connectivity index (χ4n) is 7.56. The van der Waals surface area contributed by atoms with Crippen molar-refractivity contribution in [3.05, 3.63) is 133 Å². The SMILES string of the molecule is [2H]C([2H])([2H])N1CN(c2cccc(N3c4cc(N5CN(C([2H])([2H])[2H])c6ccccc65)ccc4-n4c5ccccc5c5cccc3c54)c2)c2ccccc21. The minimum atomic E-state index is -2.30. The maximum atomic E-state index is 8.28. The molecule has 1 aromatic heterocycles. The number of benzene rings is 6. The fraction of sp³-hybridized carbons (Fsp3) is 0.100. The Kier molecular flexibility index (Phi) is 4.09. The Morgan fingerprint density at radius 2 is 1.04 bits per heavy atom. The van der Waals surface area contributed by atoms with Gasteiger partial charge in [-0.15, -0.1) is 0 Å². The number of rotatable bonds is 3. The van der Waals surface area contributed by atoms with Crippen molar-refractivity contribution >= 4 is 73.0 Å². The summed E-state index contributed by atoms with van der Waals surface area (Å²) in [4.78, 5) is 9.32. The molecule has 0 radical (unpaired) electrons. The van der Waals surface area contributed by atoms with Crippen molar-refractivity contribution in [3.8, 4) is 5.69 Å². The maximum absolute atomic E-state index is 8.28. The second-order valence-electron chi connectivity index (χ2n) is 12.0. The summed E-state index contributed by atoms with van der Waals surface area (Å²) >= 11 is 0. The molecule has 0 saturated heterocycles. The van der Waals surface area contributed by atoms with Crippen LogP contribution in [0.2, 0.25) is 0 Å². The Morgan fingerprint density at radius 3 is 1.78 bits per heavy atom. The third kappa shape index (κ3) is 3.41. The number of aromatic nitrogens is 1. The number of anilines is 9. The summed E-state index contributed by atoms with van der Waals surface area (Å²) in [6.45, 7) is -4.22. The predicted octanol–water partition coefficient (Wildman–Crippen LogP) is 9.66. The zero-order valence-corrected chi connectivity index (χ0v) is 24.8. The van der Waals surface area contributed by atoms with Crippen LogP contribution in [-0.2, 0) is 0 Å². The van der Waals surface area contributed by atoms with Gasteiger partial charge >= 0.3 is 0 Å². The molecule has 0 atom stereocenters. The Bertz CT molecular complexity index is 2580. The van der Waals surface area contributed by atoms with Gasteiger partial charge in [0.25, 0.3) is 0 Å². The van der Waals surface area contributed by atoms with E-state index in [2.05, 4.69) is 92.1 Å². The van der Waals surface area contributed by atoms with Gasteiger partial charge in [0, 0.05) is 50.0 Å². The molecule has 0 bridgehead atoms. The average Bonchev–Trinajstić information content (AvgIpc) is 3.83. The quantitative estimate of drug-likeness (QED) is 0.200. The Labute approximate surface area is 276 Å². The molecular weight excluding hydrogens is 564 g/mol. The topological polar surface area (TPSA) is 21.1 Å². The first kappa shape index (κ1) is 20.2. The predicted molar refractivity (Wildman–Crippen MR) is 193 cm³/mol. The summed E-state index contributed by atoms with van der Waals surface area (Å²) in [6.07, 6.45) is 0. The summed E-state index contributed by atoms with van der Waals surface area (Å²) < 4.78 is 51.9. The molecule has 0 spiro atoms. The van der Waals surface area contributed by atoms with E-state index in [-0.39, 0.29) is 13.3 Å². The molecule has 6 aromatic carbocycles. The molecule has 7 aromatic rings. The third-order valence-electron chi connectivity index (χ3n) is 9.56. The molecule has 0 aliphatic carbocycles. The average molecular weight is 603 g/mol. The van der Waals surface area contributed by atoms with Crippen LogP contribution < -0.4 is 24.5 Å². The van der Waals surface area contributed by atoms with Crippen molar-refractivity contribution in [2.75, 3.05) is 51.8 Å². The highest BCUT2D eigenvalue weighted by molar-refractivity contribution is 6.16. The van der Waals surface area contributed by atoms with Gasteiger partial charge in [-0.05, 0) is 72.8 Å². The Morgan fingerprint density at radius 1 is 0.457 bits per heavy atom. The fourth-order valence-corrected chi connectivity index (χ4v) is 7.56. The standard InChI is InChI=1S/C40H32N6/c1-41-25-43(35-18-7-5-16-33(35)41)27-11-9-12-29(23-27)45-38-20-10-14-31-30-13-3-4-15-32(30)46(40(31)38)37-22-21-28(24-39(37)45)44-26-42(2)34-17-6-8-19-36(34)44/h3-24H,25-26H2,1-2H3/i1D3,2D3. The monoisotopic (exact) mass is 602 g/mol. The number of para-hydroxylation sites is 6. The molecule has 0 saturated carbocycles. The lowest BCUT2D eigenvalue weighted by Gasteiger charge is -2.35. The van der Waals surface area contributed by atoms with Gasteiger partial charge in [-0.25, -0.2) is 0 Å². The smallest absolute Gasteiger partial charge is 0.0950 e. The van der Waals surface area contributed by atoms with E-state index >= 15 is 0 Å². The molecule has 46 heavy (non-hydrogen) atoms. The van der Waals surface area contributed by atoms with E-state index in [9.17, 15) is 0 Å². The van der Waals surface area contributed by atoms with Gasteiger partial charge in [0.1, 0.15) is 0 Å². The molecule has 222 valence electrons. The second kappa shape index (κ2) is 9.31.